The second-order valence-electron chi connectivity index (χ2n) is 7.03. The lowest BCUT2D eigenvalue weighted by Gasteiger charge is -2.31. The van der Waals surface area contributed by atoms with Crippen LogP contribution in [-0.2, 0) is 19.6 Å². The van der Waals surface area contributed by atoms with E-state index >= 15 is 0 Å². The van der Waals surface area contributed by atoms with Crippen LogP contribution >= 0.6 is 0 Å². The average molecular weight is 432 g/mol. The monoisotopic (exact) mass is 431 g/mol. The molecule has 1 saturated heterocycles. The van der Waals surface area contributed by atoms with Crippen LogP contribution < -0.4 is 4.31 Å². The molecule has 1 atom stereocenters. The third-order valence-electron chi connectivity index (χ3n) is 5.06. The molecule has 0 N–H and O–H groups in total. The van der Waals surface area contributed by atoms with Gasteiger partial charge in [-0.2, -0.15) is 0 Å². The molecular formula is C21H25N3O5S. The highest BCUT2D eigenvalue weighted by Gasteiger charge is 2.31. The maximum atomic E-state index is 13.0. The van der Waals surface area contributed by atoms with Gasteiger partial charge in [0, 0.05) is 26.3 Å². The van der Waals surface area contributed by atoms with Crippen LogP contribution in [-0.4, -0.2) is 56.9 Å². The van der Waals surface area contributed by atoms with Crippen molar-refractivity contribution in [2.24, 2.45) is 5.92 Å². The molecule has 8 nitrogen and oxygen atoms in total. The van der Waals surface area contributed by atoms with E-state index in [1.807, 2.05) is 0 Å². The van der Waals surface area contributed by atoms with Gasteiger partial charge in [-0.05, 0) is 44.0 Å². The number of anilines is 1. The second kappa shape index (κ2) is 9.25. The van der Waals surface area contributed by atoms with Crippen molar-refractivity contribution in [1.29, 1.82) is 0 Å². The van der Waals surface area contributed by atoms with E-state index in [2.05, 4.69) is 4.98 Å². The molecule has 9 heteroatoms. The standard InChI is InChI=1S/C21H25N3O5S/c1-3-29-21(26)16-8-7-13-24(15-16)20(25)19-14-17(11-12-22-19)23(2)30(27,28)18-9-5-4-6-10-18/h4-6,9-12,14,16H,3,7-8,13,15H2,1-2H3. The Morgan fingerprint density at radius 1 is 1.23 bits per heavy atom. The molecule has 2 heterocycles. The van der Waals surface area contributed by atoms with Crippen LogP contribution in [0.3, 0.4) is 0 Å². The molecule has 1 unspecified atom stereocenters. The summed E-state index contributed by atoms with van der Waals surface area (Å²) >= 11 is 0. The van der Waals surface area contributed by atoms with Crippen LogP contribution in [0.1, 0.15) is 30.3 Å². The quantitative estimate of drug-likeness (QED) is 0.651. The average Bonchev–Trinajstić information content (AvgIpc) is 2.79. The largest absolute Gasteiger partial charge is 0.466 e. The van der Waals surface area contributed by atoms with Crippen LogP contribution in [0.2, 0.25) is 0 Å². The zero-order chi connectivity index (χ0) is 21.7. The number of nitrogens with zero attached hydrogens (tertiary/aromatic N) is 3. The molecule has 0 saturated carbocycles. The number of esters is 1. The van der Waals surface area contributed by atoms with E-state index in [1.165, 1.54) is 37.5 Å². The lowest BCUT2D eigenvalue weighted by atomic mass is 9.98. The van der Waals surface area contributed by atoms with Crippen molar-refractivity contribution in [3.05, 3.63) is 54.4 Å². The SMILES string of the molecule is CCOC(=O)C1CCCN(C(=O)c2cc(N(C)S(=O)(=O)c3ccccc3)ccn2)C1. The molecule has 1 aliphatic heterocycles. The van der Waals surface area contributed by atoms with E-state index < -0.39 is 10.0 Å². The molecule has 1 fully saturated rings. The Bertz CT molecular complexity index is 1010. The Kier molecular flexibility index (Phi) is 6.71. The van der Waals surface area contributed by atoms with Crippen LogP contribution in [0, 0.1) is 5.92 Å². The van der Waals surface area contributed by atoms with Crippen molar-refractivity contribution >= 4 is 27.6 Å². The number of aromatic nitrogens is 1. The van der Waals surface area contributed by atoms with E-state index in [0.717, 1.165) is 4.31 Å². The molecular weight excluding hydrogens is 406 g/mol. The van der Waals surface area contributed by atoms with Gasteiger partial charge in [-0.15, -0.1) is 0 Å². The first kappa shape index (κ1) is 21.8. The summed E-state index contributed by atoms with van der Waals surface area (Å²) in [6, 6.07) is 11.1. The number of pyridine rings is 1. The molecule has 30 heavy (non-hydrogen) atoms. The number of likely N-dealkylation sites (tertiary alicyclic amines) is 1. The van der Waals surface area contributed by atoms with Gasteiger partial charge in [-0.3, -0.25) is 18.9 Å². The number of piperidine rings is 1. The Morgan fingerprint density at radius 2 is 1.97 bits per heavy atom. The predicted molar refractivity (Wildman–Crippen MR) is 112 cm³/mol. The first-order valence-corrected chi connectivity index (χ1v) is 11.2. The number of carbonyl (C=O) groups excluding carboxylic acids is 2. The summed E-state index contributed by atoms with van der Waals surface area (Å²) in [6.07, 6.45) is 2.78. The van der Waals surface area contributed by atoms with Gasteiger partial charge in [0.25, 0.3) is 15.9 Å². The lowest BCUT2D eigenvalue weighted by molar-refractivity contribution is -0.149. The molecule has 1 aromatic carbocycles. The fourth-order valence-corrected chi connectivity index (χ4v) is 4.61. The Hall–Kier alpha value is -2.94. The zero-order valence-corrected chi connectivity index (χ0v) is 17.8. The van der Waals surface area contributed by atoms with Crippen molar-refractivity contribution in [2.45, 2.75) is 24.7 Å². The normalized spacial score (nSPS) is 16.7. The first-order valence-electron chi connectivity index (χ1n) is 9.80. The van der Waals surface area contributed by atoms with Crippen LogP contribution in [0.25, 0.3) is 0 Å². The number of hydrogen-bond acceptors (Lipinski definition) is 6. The van der Waals surface area contributed by atoms with Gasteiger partial charge in [0.2, 0.25) is 0 Å². The molecule has 0 radical (unpaired) electrons. The van der Waals surface area contributed by atoms with Crippen LogP contribution in [0.5, 0.6) is 0 Å². The number of carbonyl (C=O) groups is 2. The number of sulfonamides is 1. The predicted octanol–water partition coefficient (Wildman–Crippen LogP) is 2.32. The number of hydrogen-bond donors (Lipinski definition) is 0. The Morgan fingerprint density at radius 3 is 2.67 bits per heavy atom. The van der Waals surface area contributed by atoms with Gasteiger partial charge >= 0.3 is 5.97 Å². The molecule has 3 rings (SSSR count). The fraction of sp³-hybridized carbons (Fsp3) is 0.381. The van der Waals surface area contributed by atoms with Crippen molar-refractivity contribution in [1.82, 2.24) is 9.88 Å². The van der Waals surface area contributed by atoms with Gasteiger partial charge < -0.3 is 9.64 Å². The van der Waals surface area contributed by atoms with Crippen molar-refractivity contribution in [3.63, 3.8) is 0 Å². The Labute approximate surface area is 176 Å². The van der Waals surface area contributed by atoms with Crippen molar-refractivity contribution < 1.29 is 22.7 Å². The minimum atomic E-state index is -3.77. The summed E-state index contributed by atoms with van der Waals surface area (Å²) in [4.78, 5) is 30.9. The number of amides is 1. The van der Waals surface area contributed by atoms with Gasteiger partial charge in [-0.25, -0.2) is 8.42 Å². The van der Waals surface area contributed by atoms with E-state index in [4.69, 9.17) is 4.74 Å². The van der Waals surface area contributed by atoms with E-state index in [-0.39, 0.29) is 34.9 Å². The van der Waals surface area contributed by atoms with Crippen LogP contribution in [0.15, 0.2) is 53.6 Å². The van der Waals surface area contributed by atoms with Crippen molar-refractivity contribution in [2.75, 3.05) is 31.0 Å². The second-order valence-corrected chi connectivity index (χ2v) is 9.00. The molecule has 1 aromatic heterocycles. The van der Waals surface area contributed by atoms with Crippen LogP contribution in [0.4, 0.5) is 5.69 Å². The van der Waals surface area contributed by atoms with Gasteiger partial charge in [0.1, 0.15) is 5.69 Å². The lowest BCUT2D eigenvalue weighted by Crippen LogP contribution is -2.43. The van der Waals surface area contributed by atoms with E-state index in [9.17, 15) is 18.0 Å². The third-order valence-corrected chi connectivity index (χ3v) is 6.86. The van der Waals surface area contributed by atoms with Gasteiger partial charge in [0.15, 0.2) is 0 Å². The summed E-state index contributed by atoms with van der Waals surface area (Å²) in [5.74, 6) is -0.992. The van der Waals surface area contributed by atoms with E-state index in [0.29, 0.717) is 31.7 Å². The summed E-state index contributed by atoms with van der Waals surface area (Å²) < 4.78 is 31.9. The maximum Gasteiger partial charge on any atom is 0.310 e. The summed E-state index contributed by atoms with van der Waals surface area (Å²) in [6.45, 7) is 2.83. The summed E-state index contributed by atoms with van der Waals surface area (Å²) in [5.41, 5.74) is 0.461. The first-order chi connectivity index (χ1) is 14.3. The fourth-order valence-electron chi connectivity index (χ4n) is 3.40. The van der Waals surface area contributed by atoms with Crippen molar-refractivity contribution in [3.8, 4) is 0 Å². The van der Waals surface area contributed by atoms with Gasteiger partial charge in [-0.1, -0.05) is 18.2 Å². The van der Waals surface area contributed by atoms with E-state index in [1.54, 1.807) is 30.0 Å². The molecule has 160 valence electrons. The summed E-state index contributed by atoms with van der Waals surface area (Å²) in [5, 5.41) is 0. The third kappa shape index (κ3) is 4.62. The highest BCUT2D eigenvalue weighted by Crippen LogP contribution is 2.24. The molecule has 1 amide bonds. The topological polar surface area (TPSA) is 96.9 Å². The minimum absolute atomic E-state index is 0.132. The number of rotatable bonds is 6. The molecule has 2 aromatic rings. The summed E-state index contributed by atoms with van der Waals surface area (Å²) in [7, 11) is -2.33. The van der Waals surface area contributed by atoms with Gasteiger partial charge in [0.05, 0.1) is 23.1 Å². The highest BCUT2D eigenvalue weighted by atomic mass is 32.2. The number of benzene rings is 1. The number of ether oxygens (including phenoxy) is 1. The molecule has 0 spiro atoms. The molecule has 0 bridgehead atoms. The zero-order valence-electron chi connectivity index (χ0n) is 17.0. The maximum absolute atomic E-state index is 13.0. The minimum Gasteiger partial charge on any atom is -0.466 e. The molecule has 1 aliphatic rings. The smallest absolute Gasteiger partial charge is 0.310 e. The molecule has 0 aliphatic carbocycles. The Balaban J connectivity index is 1.79. The highest BCUT2D eigenvalue weighted by molar-refractivity contribution is 7.92.